The van der Waals surface area contributed by atoms with Crippen LogP contribution in [0.4, 0.5) is 0 Å². The molecule has 0 aromatic rings. The smallest absolute Gasteiger partial charge is 0.152 e. The van der Waals surface area contributed by atoms with E-state index in [1.165, 1.54) is 12.8 Å². The van der Waals surface area contributed by atoms with Gasteiger partial charge in [-0.05, 0) is 45.4 Å². The summed E-state index contributed by atoms with van der Waals surface area (Å²) in [6, 6.07) is 0.363. The van der Waals surface area contributed by atoms with Gasteiger partial charge in [0.05, 0.1) is 11.5 Å². The highest BCUT2D eigenvalue weighted by atomic mass is 32.2. The van der Waals surface area contributed by atoms with E-state index in [2.05, 4.69) is 18.7 Å². The Labute approximate surface area is 111 Å². The third-order valence-electron chi connectivity index (χ3n) is 4.35. The van der Waals surface area contributed by atoms with Gasteiger partial charge in [0, 0.05) is 24.7 Å². The molecule has 106 valence electrons. The van der Waals surface area contributed by atoms with Gasteiger partial charge >= 0.3 is 0 Å². The number of nitrogens with zero attached hydrogens (tertiary/aromatic N) is 1. The fourth-order valence-electron chi connectivity index (χ4n) is 3.21. The van der Waals surface area contributed by atoms with Gasteiger partial charge in [0.25, 0.3) is 0 Å². The standard InChI is InChI=1S/C13H26N2O2S/c1-11(2)15(8-12-4-5-12)13(9-14)6-3-7-18(16,17)10-13/h11-12H,3-10,14H2,1-2H3. The summed E-state index contributed by atoms with van der Waals surface area (Å²) in [6.07, 6.45) is 4.26. The zero-order chi connectivity index (χ0) is 13.4. The van der Waals surface area contributed by atoms with Gasteiger partial charge in [0.1, 0.15) is 0 Å². The molecule has 0 aromatic carbocycles. The molecule has 4 nitrogen and oxygen atoms in total. The molecule has 1 atom stereocenters. The number of nitrogens with two attached hydrogens (primary N) is 1. The first-order valence-corrected chi connectivity index (χ1v) is 8.88. The summed E-state index contributed by atoms with van der Waals surface area (Å²) in [7, 11) is -2.92. The Morgan fingerprint density at radius 3 is 2.50 bits per heavy atom. The lowest BCUT2D eigenvalue weighted by Crippen LogP contribution is -2.62. The molecular formula is C13H26N2O2S. The van der Waals surface area contributed by atoms with Crippen LogP contribution >= 0.6 is 0 Å². The monoisotopic (exact) mass is 274 g/mol. The lowest BCUT2D eigenvalue weighted by atomic mass is 9.91. The first-order valence-electron chi connectivity index (χ1n) is 7.06. The van der Waals surface area contributed by atoms with Crippen LogP contribution in [0, 0.1) is 5.92 Å². The van der Waals surface area contributed by atoms with Crippen molar-refractivity contribution in [1.29, 1.82) is 0 Å². The van der Waals surface area contributed by atoms with Crippen LogP contribution in [-0.2, 0) is 9.84 Å². The van der Waals surface area contributed by atoms with Gasteiger partial charge in [-0.2, -0.15) is 0 Å². The van der Waals surface area contributed by atoms with Crippen LogP contribution < -0.4 is 5.73 Å². The molecule has 1 unspecified atom stereocenters. The molecule has 0 radical (unpaired) electrons. The largest absolute Gasteiger partial charge is 0.329 e. The number of rotatable bonds is 5. The molecule has 0 amide bonds. The van der Waals surface area contributed by atoms with Gasteiger partial charge < -0.3 is 5.73 Å². The third kappa shape index (κ3) is 3.06. The van der Waals surface area contributed by atoms with Crippen molar-refractivity contribution in [2.75, 3.05) is 24.6 Å². The maximum atomic E-state index is 12.0. The summed E-state index contributed by atoms with van der Waals surface area (Å²) in [5, 5.41) is 0. The number of hydrogen-bond acceptors (Lipinski definition) is 4. The molecule has 1 heterocycles. The van der Waals surface area contributed by atoms with Crippen LogP contribution in [0.1, 0.15) is 39.5 Å². The SMILES string of the molecule is CC(C)N(CC1CC1)C1(CN)CCCS(=O)(=O)C1. The van der Waals surface area contributed by atoms with E-state index in [1.54, 1.807) is 0 Å². The summed E-state index contributed by atoms with van der Waals surface area (Å²) in [5.41, 5.74) is 5.68. The quantitative estimate of drug-likeness (QED) is 0.813. The van der Waals surface area contributed by atoms with Gasteiger partial charge in [-0.1, -0.05) is 0 Å². The van der Waals surface area contributed by atoms with E-state index >= 15 is 0 Å². The van der Waals surface area contributed by atoms with Gasteiger partial charge in [-0.3, -0.25) is 4.90 Å². The van der Waals surface area contributed by atoms with Crippen molar-refractivity contribution in [2.24, 2.45) is 11.7 Å². The maximum Gasteiger partial charge on any atom is 0.152 e. The number of sulfone groups is 1. The van der Waals surface area contributed by atoms with Crippen LogP contribution in [0.5, 0.6) is 0 Å². The summed E-state index contributed by atoms with van der Waals surface area (Å²) >= 11 is 0. The molecule has 2 rings (SSSR count). The zero-order valence-corrected chi connectivity index (χ0v) is 12.4. The molecule has 0 bridgehead atoms. The van der Waals surface area contributed by atoms with E-state index in [0.717, 1.165) is 25.3 Å². The van der Waals surface area contributed by atoms with Crippen molar-refractivity contribution in [3.05, 3.63) is 0 Å². The molecule has 0 spiro atoms. The molecule has 1 aliphatic carbocycles. The predicted octanol–water partition coefficient (Wildman–Crippen LogP) is 1.01. The molecule has 1 saturated carbocycles. The third-order valence-corrected chi connectivity index (χ3v) is 6.24. The highest BCUT2D eigenvalue weighted by molar-refractivity contribution is 7.91. The molecule has 1 saturated heterocycles. The Bertz CT molecular complexity index is 390. The van der Waals surface area contributed by atoms with Gasteiger partial charge in [-0.15, -0.1) is 0 Å². The molecule has 2 N–H and O–H groups in total. The number of hydrogen-bond donors (Lipinski definition) is 1. The van der Waals surface area contributed by atoms with Crippen LogP contribution in [0.2, 0.25) is 0 Å². The second-order valence-corrected chi connectivity index (χ2v) is 8.50. The molecule has 2 aliphatic rings. The molecular weight excluding hydrogens is 248 g/mol. The molecule has 18 heavy (non-hydrogen) atoms. The highest BCUT2D eigenvalue weighted by Gasteiger charge is 2.44. The maximum absolute atomic E-state index is 12.0. The second kappa shape index (κ2) is 5.10. The minimum atomic E-state index is -2.92. The van der Waals surface area contributed by atoms with Crippen molar-refractivity contribution in [3.8, 4) is 0 Å². The summed E-state index contributed by atoms with van der Waals surface area (Å²) in [5.74, 6) is 1.35. The second-order valence-electron chi connectivity index (χ2n) is 6.31. The average molecular weight is 274 g/mol. The zero-order valence-electron chi connectivity index (χ0n) is 11.6. The fraction of sp³-hybridized carbons (Fsp3) is 1.00. The summed E-state index contributed by atoms with van der Waals surface area (Å²) in [6.45, 7) is 5.78. The van der Waals surface area contributed by atoms with E-state index in [4.69, 9.17) is 5.73 Å². The Kier molecular flexibility index (Phi) is 4.04. The first-order chi connectivity index (χ1) is 8.38. The Balaban J connectivity index is 2.21. The van der Waals surface area contributed by atoms with E-state index in [0.29, 0.717) is 18.3 Å². The minimum absolute atomic E-state index is 0.251. The highest BCUT2D eigenvalue weighted by Crippen LogP contribution is 2.36. The van der Waals surface area contributed by atoms with Crippen LogP contribution in [0.15, 0.2) is 0 Å². The predicted molar refractivity (Wildman–Crippen MR) is 74.2 cm³/mol. The van der Waals surface area contributed by atoms with Gasteiger partial charge in [-0.25, -0.2) is 8.42 Å². The van der Waals surface area contributed by atoms with Crippen LogP contribution in [-0.4, -0.2) is 49.5 Å². The lowest BCUT2D eigenvalue weighted by molar-refractivity contribution is 0.0622. The Hall–Kier alpha value is -0.130. The topological polar surface area (TPSA) is 63.4 Å². The van der Waals surface area contributed by atoms with Crippen molar-refractivity contribution in [1.82, 2.24) is 4.90 Å². The molecule has 0 aromatic heterocycles. The van der Waals surface area contributed by atoms with Crippen LogP contribution in [0.25, 0.3) is 0 Å². The van der Waals surface area contributed by atoms with E-state index in [1.807, 2.05) is 0 Å². The van der Waals surface area contributed by atoms with Crippen molar-refractivity contribution < 1.29 is 8.42 Å². The Morgan fingerprint density at radius 2 is 2.06 bits per heavy atom. The molecule has 2 fully saturated rings. The summed E-state index contributed by atoms with van der Waals surface area (Å²) < 4.78 is 23.9. The summed E-state index contributed by atoms with van der Waals surface area (Å²) in [4.78, 5) is 2.38. The van der Waals surface area contributed by atoms with Crippen LogP contribution in [0.3, 0.4) is 0 Å². The van der Waals surface area contributed by atoms with Crippen molar-refractivity contribution in [2.45, 2.75) is 51.1 Å². The van der Waals surface area contributed by atoms with E-state index in [9.17, 15) is 8.42 Å². The fourth-order valence-corrected chi connectivity index (χ4v) is 5.19. The van der Waals surface area contributed by atoms with Crippen molar-refractivity contribution >= 4 is 9.84 Å². The normalized spacial score (nSPS) is 32.1. The lowest BCUT2D eigenvalue weighted by Gasteiger charge is -2.47. The van der Waals surface area contributed by atoms with Gasteiger partial charge in [0.2, 0.25) is 0 Å². The molecule has 1 aliphatic heterocycles. The van der Waals surface area contributed by atoms with Gasteiger partial charge in [0.15, 0.2) is 9.84 Å². The Morgan fingerprint density at radius 1 is 1.39 bits per heavy atom. The first kappa shape index (κ1) is 14.3. The van der Waals surface area contributed by atoms with E-state index < -0.39 is 9.84 Å². The van der Waals surface area contributed by atoms with Crippen molar-refractivity contribution in [3.63, 3.8) is 0 Å². The van der Waals surface area contributed by atoms with E-state index in [-0.39, 0.29) is 11.3 Å². The molecule has 5 heteroatoms. The minimum Gasteiger partial charge on any atom is -0.329 e. The average Bonchev–Trinajstić information content (AvgIpc) is 3.07.